The van der Waals surface area contributed by atoms with Gasteiger partial charge < -0.3 is 4.90 Å². The van der Waals surface area contributed by atoms with Crippen molar-refractivity contribution < 1.29 is 9.59 Å². The molecule has 6 rings (SSSR count). The lowest BCUT2D eigenvalue weighted by atomic mass is 9.98. The number of benzene rings is 3. The van der Waals surface area contributed by atoms with Crippen molar-refractivity contribution in [3.05, 3.63) is 101 Å². The molecule has 0 aliphatic carbocycles. The van der Waals surface area contributed by atoms with Crippen LogP contribution in [-0.4, -0.2) is 51.9 Å². The van der Waals surface area contributed by atoms with Crippen LogP contribution in [0.2, 0.25) is 0 Å². The summed E-state index contributed by atoms with van der Waals surface area (Å²) in [6.45, 7) is 7.78. The number of thioether (sulfide) groups is 1. The van der Waals surface area contributed by atoms with Gasteiger partial charge in [-0.05, 0) is 56.4 Å². The minimum atomic E-state index is -0.125. The van der Waals surface area contributed by atoms with Crippen LogP contribution >= 0.6 is 11.8 Å². The first-order chi connectivity index (χ1) is 19.4. The molecule has 0 bridgehead atoms. The molecule has 6 nitrogen and oxygen atoms in total. The van der Waals surface area contributed by atoms with E-state index in [1.165, 1.54) is 5.56 Å². The predicted molar refractivity (Wildman–Crippen MR) is 162 cm³/mol. The second kappa shape index (κ2) is 11.0. The van der Waals surface area contributed by atoms with Crippen molar-refractivity contribution >= 4 is 29.4 Å². The first-order valence-electron chi connectivity index (χ1n) is 13.9. The lowest BCUT2D eigenvalue weighted by Crippen LogP contribution is -2.43. The van der Waals surface area contributed by atoms with Crippen LogP contribution in [0.1, 0.15) is 45.9 Å². The van der Waals surface area contributed by atoms with Crippen LogP contribution in [0.3, 0.4) is 0 Å². The molecule has 2 aliphatic heterocycles. The van der Waals surface area contributed by atoms with Crippen molar-refractivity contribution in [2.75, 3.05) is 30.3 Å². The molecular formula is C33H34N4O2S. The number of carbonyl (C=O) groups excluding carboxylic acids is 2. The van der Waals surface area contributed by atoms with E-state index in [2.05, 4.69) is 69.3 Å². The van der Waals surface area contributed by atoms with Crippen LogP contribution < -0.4 is 4.90 Å². The van der Waals surface area contributed by atoms with Gasteiger partial charge in [0.25, 0.3) is 0 Å². The van der Waals surface area contributed by atoms with Crippen LogP contribution in [0.15, 0.2) is 72.8 Å². The van der Waals surface area contributed by atoms with Crippen molar-refractivity contribution in [3.63, 3.8) is 0 Å². The Kier molecular flexibility index (Phi) is 7.24. The molecule has 1 atom stereocenters. The topological polar surface area (TPSA) is 58.4 Å². The Bertz CT molecular complexity index is 1570. The van der Waals surface area contributed by atoms with E-state index in [9.17, 15) is 9.59 Å². The molecule has 7 heteroatoms. The lowest BCUT2D eigenvalue weighted by molar-refractivity contribution is -0.130. The SMILES string of the molecule is Cc1cccc([C@@H]2SCC(=O)N(CC(=O)N3CCCC3)c3c2c(-c2ccccc2)nn3-c2cccc(C)c2C)c1. The minimum Gasteiger partial charge on any atom is -0.341 e. The molecule has 0 saturated carbocycles. The van der Waals surface area contributed by atoms with E-state index in [0.29, 0.717) is 5.82 Å². The molecule has 1 saturated heterocycles. The zero-order chi connectivity index (χ0) is 27.8. The van der Waals surface area contributed by atoms with Crippen molar-refractivity contribution in [3.8, 4) is 16.9 Å². The van der Waals surface area contributed by atoms with Gasteiger partial charge in [0.15, 0.2) is 0 Å². The number of nitrogens with zero attached hydrogens (tertiary/aromatic N) is 4. The van der Waals surface area contributed by atoms with Crippen LogP contribution in [-0.2, 0) is 9.59 Å². The molecule has 3 heterocycles. The summed E-state index contributed by atoms with van der Waals surface area (Å²) in [6.07, 6.45) is 2.02. The van der Waals surface area contributed by atoms with Crippen LogP contribution in [0.25, 0.3) is 16.9 Å². The van der Waals surface area contributed by atoms with Gasteiger partial charge in [0.2, 0.25) is 11.8 Å². The van der Waals surface area contributed by atoms with Gasteiger partial charge in [-0.2, -0.15) is 5.10 Å². The van der Waals surface area contributed by atoms with Crippen molar-refractivity contribution in [2.24, 2.45) is 0 Å². The van der Waals surface area contributed by atoms with E-state index >= 15 is 0 Å². The minimum absolute atomic E-state index is 0.00854. The summed E-state index contributed by atoms with van der Waals surface area (Å²) < 4.78 is 1.92. The molecule has 0 N–H and O–H groups in total. The van der Waals surface area contributed by atoms with E-state index < -0.39 is 0 Å². The summed E-state index contributed by atoms with van der Waals surface area (Å²) >= 11 is 1.61. The lowest BCUT2D eigenvalue weighted by Gasteiger charge is -2.26. The van der Waals surface area contributed by atoms with Gasteiger partial charge in [-0.25, -0.2) is 4.68 Å². The average Bonchev–Trinajstić information content (AvgIpc) is 3.60. The Morgan fingerprint density at radius 3 is 2.45 bits per heavy atom. The summed E-state index contributed by atoms with van der Waals surface area (Å²) in [7, 11) is 0. The number of rotatable bonds is 5. The Balaban J connectivity index is 1.63. The number of anilines is 1. The first kappa shape index (κ1) is 26.4. The smallest absolute Gasteiger partial charge is 0.242 e. The fraction of sp³-hybridized carbons (Fsp3) is 0.303. The zero-order valence-electron chi connectivity index (χ0n) is 23.3. The number of fused-ring (bicyclic) bond motifs is 1. The van der Waals surface area contributed by atoms with Gasteiger partial charge in [0.1, 0.15) is 12.4 Å². The van der Waals surface area contributed by atoms with Gasteiger partial charge in [-0.1, -0.05) is 72.3 Å². The predicted octanol–water partition coefficient (Wildman–Crippen LogP) is 6.26. The first-order valence-corrected chi connectivity index (χ1v) is 15.0. The summed E-state index contributed by atoms with van der Waals surface area (Å²) in [6, 6.07) is 24.8. The highest BCUT2D eigenvalue weighted by Gasteiger charge is 2.38. The average molecular weight is 551 g/mol. The van der Waals surface area contributed by atoms with Crippen LogP contribution in [0.5, 0.6) is 0 Å². The summed E-state index contributed by atoms with van der Waals surface area (Å²) in [5, 5.41) is 5.12. The van der Waals surface area contributed by atoms with E-state index in [-0.39, 0.29) is 29.4 Å². The fourth-order valence-electron chi connectivity index (χ4n) is 5.76. The van der Waals surface area contributed by atoms with Gasteiger partial charge in [-0.15, -0.1) is 11.8 Å². The van der Waals surface area contributed by atoms with Crippen molar-refractivity contribution in [1.82, 2.24) is 14.7 Å². The molecule has 2 amide bonds. The van der Waals surface area contributed by atoms with E-state index in [0.717, 1.165) is 65.1 Å². The molecule has 2 aliphatic rings. The molecule has 40 heavy (non-hydrogen) atoms. The maximum atomic E-state index is 13.9. The molecule has 204 valence electrons. The molecule has 4 aromatic rings. The standard InChI is InChI=1S/C33H34N4O2S/c1-22-11-9-15-26(19-22)32-30-31(25-13-5-4-6-14-25)34-37(27-16-10-12-23(2)24(27)3)33(30)36(29(39)21-40-32)20-28(38)35-17-7-8-18-35/h4-6,9-16,19,32H,7-8,17-18,20-21H2,1-3H3/t32-/m0/s1. The molecule has 0 unspecified atom stereocenters. The number of likely N-dealkylation sites (tertiary alicyclic amines) is 1. The molecule has 1 aromatic heterocycles. The highest BCUT2D eigenvalue weighted by atomic mass is 32.2. The Hall–Kier alpha value is -3.84. The fourth-order valence-corrected chi connectivity index (χ4v) is 6.95. The Morgan fingerprint density at radius 2 is 1.70 bits per heavy atom. The second-order valence-electron chi connectivity index (χ2n) is 10.8. The number of aromatic nitrogens is 2. The summed E-state index contributed by atoms with van der Waals surface area (Å²) in [4.78, 5) is 31.1. The van der Waals surface area contributed by atoms with E-state index in [1.54, 1.807) is 16.7 Å². The molecule has 0 radical (unpaired) electrons. The third kappa shape index (κ3) is 4.83. The molecule has 0 spiro atoms. The number of amides is 2. The largest absolute Gasteiger partial charge is 0.341 e. The third-order valence-electron chi connectivity index (χ3n) is 8.04. The van der Waals surface area contributed by atoms with Crippen LogP contribution in [0, 0.1) is 20.8 Å². The monoisotopic (exact) mass is 550 g/mol. The normalized spacial score (nSPS) is 17.2. The maximum Gasteiger partial charge on any atom is 0.242 e. The molecular weight excluding hydrogens is 516 g/mol. The number of hydrogen-bond acceptors (Lipinski definition) is 4. The van der Waals surface area contributed by atoms with E-state index in [1.807, 2.05) is 33.8 Å². The van der Waals surface area contributed by atoms with Gasteiger partial charge in [0.05, 0.1) is 22.4 Å². The molecule has 3 aromatic carbocycles. The number of aryl methyl sites for hydroxylation is 2. The number of carbonyl (C=O) groups is 2. The van der Waals surface area contributed by atoms with Crippen LogP contribution in [0.4, 0.5) is 5.82 Å². The maximum absolute atomic E-state index is 13.9. The number of hydrogen-bond donors (Lipinski definition) is 0. The second-order valence-corrected chi connectivity index (χ2v) is 11.8. The summed E-state index contributed by atoms with van der Waals surface area (Å²) in [5.41, 5.74) is 8.25. The highest BCUT2D eigenvalue weighted by Crippen LogP contribution is 2.49. The van der Waals surface area contributed by atoms with Gasteiger partial charge in [-0.3, -0.25) is 14.5 Å². The highest BCUT2D eigenvalue weighted by molar-refractivity contribution is 8.00. The summed E-state index contributed by atoms with van der Waals surface area (Å²) in [5.74, 6) is 0.897. The van der Waals surface area contributed by atoms with Crippen molar-refractivity contribution in [1.29, 1.82) is 0 Å². The third-order valence-corrected chi connectivity index (χ3v) is 9.29. The Morgan fingerprint density at radius 1 is 0.950 bits per heavy atom. The van der Waals surface area contributed by atoms with Gasteiger partial charge in [0, 0.05) is 24.2 Å². The van der Waals surface area contributed by atoms with Crippen molar-refractivity contribution in [2.45, 2.75) is 38.9 Å². The van der Waals surface area contributed by atoms with Gasteiger partial charge >= 0.3 is 0 Å². The van der Waals surface area contributed by atoms with E-state index in [4.69, 9.17) is 5.10 Å². The zero-order valence-corrected chi connectivity index (χ0v) is 24.1. The quantitative estimate of drug-likeness (QED) is 0.295. The molecule has 1 fully saturated rings. The Labute approximate surface area is 240 Å².